The molecular formula is C9H15O. The molecule has 1 rings (SSSR count). The standard InChI is InChI=1S/C9H15O/c1-3-8-5-4-6-9(7-8)10-2/h1,3,8-9H,4-7H2,2H3. The Bertz CT molecular complexity index is 109. The van der Waals surface area contributed by atoms with Gasteiger partial charge in [-0.25, -0.2) is 0 Å². The summed E-state index contributed by atoms with van der Waals surface area (Å²) in [6.45, 7) is 5.44. The fourth-order valence-corrected chi connectivity index (χ4v) is 1.57. The second-order valence-electron chi connectivity index (χ2n) is 2.98. The van der Waals surface area contributed by atoms with E-state index in [1.165, 1.54) is 19.3 Å². The molecule has 57 valence electrons. The van der Waals surface area contributed by atoms with Crippen molar-refractivity contribution in [2.24, 2.45) is 5.92 Å². The molecule has 0 aromatic heterocycles. The Morgan fingerprint density at radius 3 is 2.90 bits per heavy atom. The fourth-order valence-electron chi connectivity index (χ4n) is 1.57. The van der Waals surface area contributed by atoms with Crippen molar-refractivity contribution in [1.82, 2.24) is 0 Å². The van der Waals surface area contributed by atoms with Crippen LogP contribution in [0, 0.1) is 12.5 Å². The van der Waals surface area contributed by atoms with Crippen molar-refractivity contribution in [2.45, 2.75) is 31.8 Å². The molecule has 1 aliphatic carbocycles. The van der Waals surface area contributed by atoms with Crippen molar-refractivity contribution in [3.05, 3.63) is 12.7 Å². The zero-order valence-corrected chi connectivity index (χ0v) is 6.55. The lowest BCUT2D eigenvalue weighted by atomic mass is 9.87. The average molecular weight is 139 g/mol. The molecule has 1 nitrogen and oxygen atoms in total. The summed E-state index contributed by atoms with van der Waals surface area (Å²) in [6, 6.07) is 0. The lowest BCUT2D eigenvalue weighted by Gasteiger charge is -2.25. The Kier molecular flexibility index (Phi) is 2.94. The van der Waals surface area contributed by atoms with Gasteiger partial charge in [-0.2, -0.15) is 0 Å². The molecule has 10 heavy (non-hydrogen) atoms. The number of hydrogen-bond acceptors (Lipinski definition) is 1. The minimum absolute atomic E-state index is 0.457. The van der Waals surface area contributed by atoms with Crippen LogP contribution in [0.2, 0.25) is 0 Å². The molecule has 1 radical (unpaired) electrons. The second kappa shape index (κ2) is 3.77. The van der Waals surface area contributed by atoms with Crippen LogP contribution in [-0.4, -0.2) is 13.2 Å². The SMILES string of the molecule is [CH]=CC1CCCC(OC)C1. The Hall–Kier alpha value is -0.300. The van der Waals surface area contributed by atoms with E-state index < -0.39 is 0 Å². The van der Waals surface area contributed by atoms with Crippen molar-refractivity contribution in [1.29, 1.82) is 0 Å². The van der Waals surface area contributed by atoms with Gasteiger partial charge in [0.15, 0.2) is 0 Å². The van der Waals surface area contributed by atoms with Crippen LogP contribution < -0.4 is 0 Å². The van der Waals surface area contributed by atoms with E-state index in [0.717, 1.165) is 6.42 Å². The molecule has 0 heterocycles. The van der Waals surface area contributed by atoms with Crippen molar-refractivity contribution >= 4 is 0 Å². The van der Waals surface area contributed by atoms with Crippen molar-refractivity contribution < 1.29 is 4.74 Å². The highest BCUT2D eigenvalue weighted by Gasteiger charge is 2.18. The summed E-state index contributed by atoms with van der Waals surface area (Å²) in [4.78, 5) is 0. The first-order chi connectivity index (χ1) is 4.86. The predicted octanol–water partition coefficient (Wildman–Crippen LogP) is 2.18. The zero-order chi connectivity index (χ0) is 7.40. The quantitative estimate of drug-likeness (QED) is 0.569. The van der Waals surface area contributed by atoms with E-state index >= 15 is 0 Å². The van der Waals surface area contributed by atoms with Crippen LogP contribution in [0.15, 0.2) is 6.08 Å². The summed E-state index contributed by atoms with van der Waals surface area (Å²) in [7, 11) is 1.78. The first-order valence-corrected chi connectivity index (χ1v) is 3.94. The molecule has 0 bridgehead atoms. The summed E-state index contributed by atoms with van der Waals surface area (Å²) in [5, 5.41) is 0. The van der Waals surface area contributed by atoms with Crippen LogP contribution >= 0.6 is 0 Å². The lowest BCUT2D eigenvalue weighted by molar-refractivity contribution is 0.0589. The number of hydrogen-bond donors (Lipinski definition) is 0. The van der Waals surface area contributed by atoms with Gasteiger partial charge in [0.1, 0.15) is 0 Å². The Labute approximate surface area is 63.1 Å². The van der Waals surface area contributed by atoms with E-state index in [9.17, 15) is 0 Å². The smallest absolute Gasteiger partial charge is 0.0577 e. The van der Waals surface area contributed by atoms with Gasteiger partial charge in [0.25, 0.3) is 0 Å². The molecule has 2 unspecified atom stereocenters. The Balaban J connectivity index is 2.31. The van der Waals surface area contributed by atoms with Crippen LogP contribution in [0.25, 0.3) is 0 Å². The van der Waals surface area contributed by atoms with Gasteiger partial charge < -0.3 is 4.74 Å². The van der Waals surface area contributed by atoms with Crippen LogP contribution in [0.1, 0.15) is 25.7 Å². The fraction of sp³-hybridized carbons (Fsp3) is 0.778. The van der Waals surface area contributed by atoms with E-state index in [1.807, 2.05) is 6.08 Å². The minimum atomic E-state index is 0.457. The first-order valence-electron chi connectivity index (χ1n) is 3.94. The normalized spacial score (nSPS) is 33.7. The third-order valence-corrected chi connectivity index (χ3v) is 2.27. The van der Waals surface area contributed by atoms with Gasteiger partial charge in [0, 0.05) is 7.11 Å². The van der Waals surface area contributed by atoms with Crippen molar-refractivity contribution in [3.63, 3.8) is 0 Å². The van der Waals surface area contributed by atoms with Gasteiger partial charge in [-0.05, 0) is 25.2 Å². The maximum absolute atomic E-state index is 5.44. The highest BCUT2D eigenvalue weighted by molar-refractivity contribution is 4.83. The number of rotatable bonds is 2. The molecule has 0 aromatic rings. The van der Waals surface area contributed by atoms with Crippen molar-refractivity contribution in [2.75, 3.05) is 7.11 Å². The molecular weight excluding hydrogens is 124 g/mol. The molecule has 1 heteroatoms. The average Bonchev–Trinajstić information content (AvgIpc) is 2.05. The van der Waals surface area contributed by atoms with E-state index in [-0.39, 0.29) is 0 Å². The topological polar surface area (TPSA) is 9.23 Å². The maximum Gasteiger partial charge on any atom is 0.0577 e. The summed E-state index contributed by atoms with van der Waals surface area (Å²) in [6.07, 6.45) is 7.10. The van der Waals surface area contributed by atoms with Crippen LogP contribution in [0.4, 0.5) is 0 Å². The molecule has 0 aliphatic heterocycles. The highest BCUT2D eigenvalue weighted by Crippen LogP contribution is 2.26. The zero-order valence-electron chi connectivity index (χ0n) is 6.55. The van der Waals surface area contributed by atoms with Crippen LogP contribution in [0.3, 0.4) is 0 Å². The number of methoxy groups -OCH3 is 1. The largest absolute Gasteiger partial charge is 0.381 e. The van der Waals surface area contributed by atoms with Gasteiger partial charge in [0.05, 0.1) is 6.10 Å². The first kappa shape index (κ1) is 7.80. The monoisotopic (exact) mass is 139 g/mol. The van der Waals surface area contributed by atoms with Crippen LogP contribution in [-0.2, 0) is 4.74 Å². The maximum atomic E-state index is 5.44. The Morgan fingerprint density at radius 2 is 2.30 bits per heavy atom. The van der Waals surface area contributed by atoms with Gasteiger partial charge in [0.2, 0.25) is 0 Å². The summed E-state index contributed by atoms with van der Waals surface area (Å²) >= 11 is 0. The number of allylic oxidation sites excluding steroid dienone is 1. The van der Waals surface area contributed by atoms with Crippen molar-refractivity contribution in [3.8, 4) is 0 Å². The lowest BCUT2D eigenvalue weighted by Crippen LogP contribution is -2.20. The molecule has 2 atom stereocenters. The van der Waals surface area contributed by atoms with Crippen LogP contribution in [0.5, 0.6) is 0 Å². The van der Waals surface area contributed by atoms with E-state index in [1.54, 1.807) is 7.11 Å². The molecule has 0 aromatic carbocycles. The molecule has 1 saturated carbocycles. The third-order valence-electron chi connectivity index (χ3n) is 2.27. The molecule has 0 amide bonds. The molecule has 1 fully saturated rings. The van der Waals surface area contributed by atoms with Gasteiger partial charge in [-0.15, -0.1) is 0 Å². The van der Waals surface area contributed by atoms with E-state index in [0.29, 0.717) is 12.0 Å². The summed E-state index contributed by atoms with van der Waals surface area (Å²) in [5.41, 5.74) is 0. The molecule has 0 saturated heterocycles. The summed E-state index contributed by atoms with van der Waals surface area (Å²) < 4.78 is 5.25. The summed E-state index contributed by atoms with van der Waals surface area (Å²) in [5.74, 6) is 0.596. The molecule has 0 N–H and O–H groups in total. The molecule has 0 spiro atoms. The Morgan fingerprint density at radius 1 is 1.50 bits per heavy atom. The second-order valence-corrected chi connectivity index (χ2v) is 2.98. The van der Waals surface area contributed by atoms with Gasteiger partial charge in [-0.3, -0.25) is 0 Å². The number of ether oxygens (including phenoxy) is 1. The predicted molar refractivity (Wildman–Crippen MR) is 41.6 cm³/mol. The minimum Gasteiger partial charge on any atom is -0.381 e. The molecule has 1 aliphatic rings. The van der Waals surface area contributed by atoms with Gasteiger partial charge in [-0.1, -0.05) is 19.1 Å². The third kappa shape index (κ3) is 1.84. The van der Waals surface area contributed by atoms with Gasteiger partial charge >= 0.3 is 0 Å². The van der Waals surface area contributed by atoms with E-state index in [4.69, 9.17) is 11.3 Å². The highest BCUT2D eigenvalue weighted by atomic mass is 16.5. The van der Waals surface area contributed by atoms with E-state index in [2.05, 4.69) is 0 Å².